The van der Waals surface area contributed by atoms with Crippen LogP contribution >= 0.6 is 0 Å². The highest BCUT2D eigenvalue weighted by Gasteiger charge is 2.51. The van der Waals surface area contributed by atoms with Gasteiger partial charge in [-0.15, -0.1) is 0 Å². The van der Waals surface area contributed by atoms with Crippen LogP contribution in [0.15, 0.2) is 60.7 Å². The van der Waals surface area contributed by atoms with Crippen molar-refractivity contribution in [1.29, 1.82) is 0 Å². The molecule has 5 N–H and O–H groups in total. The van der Waals surface area contributed by atoms with E-state index in [0.717, 1.165) is 11.1 Å². The van der Waals surface area contributed by atoms with Crippen LogP contribution in [0.4, 0.5) is 9.59 Å². The summed E-state index contributed by atoms with van der Waals surface area (Å²) in [4.78, 5) is 51.1. The Hall–Kier alpha value is -4.08. The summed E-state index contributed by atoms with van der Waals surface area (Å²) in [6, 6.07) is 18.4. The molecule has 204 valence electrons. The van der Waals surface area contributed by atoms with Crippen LogP contribution in [0.3, 0.4) is 0 Å². The molecule has 3 rings (SSSR count). The van der Waals surface area contributed by atoms with Gasteiger partial charge in [-0.1, -0.05) is 60.7 Å². The number of nitrogens with one attached hydrogen (secondary N) is 3. The maximum absolute atomic E-state index is 13.9. The van der Waals surface area contributed by atoms with Crippen LogP contribution in [0.1, 0.15) is 49.7 Å². The van der Waals surface area contributed by atoms with Gasteiger partial charge in [0.25, 0.3) is 0 Å². The van der Waals surface area contributed by atoms with Crippen molar-refractivity contribution in [3.8, 4) is 0 Å². The molecule has 10 nitrogen and oxygen atoms in total. The fourth-order valence-electron chi connectivity index (χ4n) is 4.92. The van der Waals surface area contributed by atoms with Crippen molar-refractivity contribution in [3.05, 3.63) is 71.8 Å². The number of benzene rings is 2. The van der Waals surface area contributed by atoms with E-state index in [-0.39, 0.29) is 31.4 Å². The van der Waals surface area contributed by atoms with Gasteiger partial charge >= 0.3 is 12.2 Å². The number of carbonyl (C=O) groups excluding carboxylic acids is 2. The summed E-state index contributed by atoms with van der Waals surface area (Å²) in [7, 11) is 0. The number of nitrogens with zero attached hydrogens (tertiary/aromatic N) is 1. The Morgan fingerprint density at radius 2 is 1.37 bits per heavy atom. The third kappa shape index (κ3) is 7.96. The number of carboxylic acid groups (broad SMARTS) is 2. The summed E-state index contributed by atoms with van der Waals surface area (Å²) in [5.41, 5.74) is 0.694. The lowest BCUT2D eigenvalue weighted by molar-refractivity contribution is -0.159. The highest BCUT2D eigenvalue weighted by Crippen LogP contribution is 2.34. The molecule has 0 saturated carbocycles. The maximum Gasteiger partial charge on any atom is 0.404 e. The molecule has 4 amide bonds. The molecular weight excluding hydrogens is 488 g/mol. The zero-order valence-electron chi connectivity index (χ0n) is 21.4. The SMILES string of the molecule is O=C(O)NCCCC[C@@H]1NC(=O)[C@](CCCCNC(=O)O)(Cc2ccccc2)N(Cc2ccccc2)C1=O. The van der Waals surface area contributed by atoms with E-state index in [9.17, 15) is 19.2 Å². The number of hydrogen-bond acceptors (Lipinski definition) is 4. The molecule has 2 aromatic carbocycles. The number of amides is 4. The van der Waals surface area contributed by atoms with Crippen LogP contribution in [0, 0.1) is 0 Å². The normalized spacial score (nSPS) is 19.1. The van der Waals surface area contributed by atoms with Crippen molar-refractivity contribution in [2.45, 2.75) is 63.1 Å². The van der Waals surface area contributed by atoms with Gasteiger partial charge in [0.15, 0.2) is 0 Å². The Kier molecular flexibility index (Phi) is 10.5. The van der Waals surface area contributed by atoms with Crippen LogP contribution in [-0.4, -0.2) is 63.8 Å². The second-order valence-electron chi connectivity index (χ2n) is 9.55. The van der Waals surface area contributed by atoms with E-state index in [0.29, 0.717) is 44.9 Å². The summed E-state index contributed by atoms with van der Waals surface area (Å²) < 4.78 is 0. The van der Waals surface area contributed by atoms with Crippen LogP contribution in [0.25, 0.3) is 0 Å². The molecule has 38 heavy (non-hydrogen) atoms. The Balaban J connectivity index is 1.87. The van der Waals surface area contributed by atoms with Gasteiger partial charge in [0.1, 0.15) is 11.6 Å². The summed E-state index contributed by atoms with van der Waals surface area (Å²) in [6.07, 6.45) is 1.13. The molecule has 2 aromatic rings. The molecule has 1 saturated heterocycles. The molecule has 2 atom stereocenters. The van der Waals surface area contributed by atoms with E-state index in [1.54, 1.807) is 4.90 Å². The first-order chi connectivity index (χ1) is 18.3. The Bertz CT molecular complexity index is 1080. The minimum Gasteiger partial charge on any atom is -0.465 e. The molecule has 0 bridgehead atoms. The van der Waals surface area contributed by atoms with Crippen molar-refractivity contribution in [2.75, 3.05) is 13.1 Å². The van der Waals surface area contributed by atoms with Crippen molar-refractivity contribution in [1.82, 2.24) is 20.9 Å². The first kappa shape index (κ1) is 28.5. The monoisotopic (exact) mass is 524 g/mol. The van der Waals surface area contributed by atoms with E-state index in [1.807, 2.05) is 60.7 Å². The van der Waals surface area contributed by atoms with Crippen LogP contribution in [0.5, 0.6) is 0 Å². The third-order valence-electron chi connectivity index (χ3n) is 6.82. The van der Waals surface area contributed by atoms with Crippen molar-refractivity contribution in [2.24, 2.45) is 0 Å². The zero-order chi connectivity index (χ0) is 27.4. The molecule has 1 fully saturated rings. The van der Waals surface area contributed by atoms with Gasteiger partial charge in [0.05, 0.1) is 0 Å². The highest BCUT2D eigenvalue weighted by molar-refractivity contribution is 6.00. The Labute approximate surface area is 222 Å². The number of rotatable bonds is 14. The standard InChI is InChI=1S/C28H36N4O6/c33-24-23(15-7-9-17-29-26(35)36)31-25(34)28(16-8-10-18-30-27(37)38,19-21-11-3-1-4-12-21)32(24)20-22-13-5-2-6-14-22/h1-6,11-14,23,29-30H,7-10,15-20H2,(H,31,34)(H,35,36)(H,37,38)/t23-,28-/m0/s1. The number of piperazine rings is 1. The average Bonchev–Trinajstić information content (AvgIpc) is 2.89. The molecule has 0 radical (unpaired) electrons. The van der Waals surface area contributed by atoms with E-state index in [1.165, 1.54) is 0 Å². The predicted octanol–water partition coefficient (Wildman–Crippen LogP) is 3.37. The summed E-state index contributed by atoms with van der Waals surface area (Å²) in [6.45, 7) is 0.808. The van der Waals surface area contributed by atoms with E-state index in [4.69, 9.17) is 10.2 Å². The number of unbranched alkanes of at least 4 members (excludes halogenated alkanes) is 2. The van der Waals surface area contributed by atoms with Crippen molar-refractivity contribution in [3.63, 3.8) is 0 Å². The largest absolute Gasteiger partial charge is 0.465 e. The molecule has 0 unspecified atom stereocenters. The van der Waals surface area contributed by atoms with Crippen LogP contribution in [0.2, 0.25) is 0 Å². The summed E-state index contributed by atoms with van der Waals surface area (Å²) in [5, 5.41) is 25.3. The second kappa shape index (κ2) is 14.0. The van der Waals surface area contributed by atoms with Crippen molar-refractivity contribution >= 4 is 24.0 Å². The lowest BCUT2D eigenvalue weighted by Gasteiger charge is -2.49. The van der Waals surface area contributed by atoms with Gasteiger partial charge in [-0.05, 0) is 49.7 Å². The molecule has 1 heterocycles. The maximum atomic E-state index is 13.9. The number of hydrogen-bond donors (Lipinski definition) is 5. The molecular formula is C28H36N4O6. The molecule has 1 aliphatic heterocycles. The molecule has 0 aromatic heterocycles. The first-order valence-corrected chi connectivity index (χ1v) is 13.0. The fraction of sp³-hybridized carbons (Fsp3) is 0.429. The van der Waals surface area contributed by atoms with Gasteiger partial charge in [-0.3, -0.25) is 9.59 Å². The van der Waals surface area contributed by atoms with Gasteiger partial charge in [-0.2, -0.15) is 0 Å². The summed E-state index contributed by atoms with van der Waals surface area (Å²) >= 11 is 0. The van der Waals surface area contributed by atoms with Gasteiger partial charge in [-0.25, -0.2) is 9.59 Å². The molecule has 0 aliphatic carbocycles. The lowest BCUT2D eigenvalue weighted by Crippen LogP contribution is -2.71. The van der Waals surface area contributed by atoms with Crippen LogP contribution in [-0.2, 0) is 22.6 Å². The van der Waals surface area contributed by atoms with Gasteiger partial charge in [0, 0.05) is 26.1 Å². The predicted molar refractivity (Wildman–Crippen MR) is 142 cm³/mol. The average molecular weight is 525 g/mol. The van der Waals surface area contributed by atoms with E-state index in [2.05, 4.69) is 16.0 Å². The topological polar surface area (TPSA) is 148 Å². The van der Waals surface area contributed by atoms with Crippen LogP contribution < -0.4 is 16.0 Å². The molecule has 10 heteroatoms. The lowest BCUT2D eigenvalue weighted by atomic mass is 9.79. The molecule has 0 spiro atoms. The van der Waals surface area contributed by atoms with E-state index >= 15 is 0 Å². The van der Waals surface area contributed by atoms with Gasteiger partial charge < -0.3 is 31.1 Å². The Morgan fingerprint density at radius 3 is 1.95 bits per heavy atom. The fourth-order valence-corrected chi connectivity index (χ4v) is 4.92. The van der Waals surface area contributed by atoms with Gasteiger partial charge in [0.2, 0.25) is 11.8 Å². The minimum absolute atomic E-state index is 0.167. The minimum atomic E-state index is -1.14. The zero-order valence-corrected chi connectivity index (χ0v) is 21.4. The number of carbonyl (C=O) groups is 4. The smallest absolute Gasteiger partial charge is 0.404 e. The second-order valence-corrected chi connectivity index (χ2v) is 9.55. The first-order valence-electron chi connectivity index (χ1n) is 13.0. The van der Waals surface area contributed by atoms with Crippen molar-refractivity contribution < 1.29 is 29.4 Å². The quantitative estimate of drug-likeness (QED) is 0.239. The highest BCUT2D eigenvalue weighted by atomic mass is 16.4. The summed E-state index contributed by atoms with van der Waals surface area (Å²) in [5.74, 6) is -0.393. The van der Waals surface area contributed by atoms with E-state index < -0.39 is 23.8 Å². The molecule has 1 aliphatic rings. The Morgan fingerprint density at radius 1 is 0.816 bits per heavy atom. The third-order valence-corrected chi connectivity index (χ3v) is 6.82.